The molecule has 0 aliphatic heterocycles. The minimum absolute atomic E-state index is 0.0867. The lowest BCUT2D eigenvalue weighted by Gasteiger charge is -2.06. The summed E-state index contributed by atoms with van der Waals surface area (Å²) in [6, 6.07) is 4.75. The Morgan fingerprint density at radius 2 is 1.53 bits per heavy atom. The van der Waals surface area contributed by atoms with Crippen molar-refractivity contribution in [3.05, 3.63) is 48.1 Å². The van der Waals surface area contributed by atoms with E-state index in [0.29, 0.717) is 19.4 Å². The van der Waals surface area contributed by atoms with Gasteiger partial charge in [-0.1, -0.05) is 69.4 Å². The average Bonchev–Trinajstić information content (AvgIpc) is 2.73. The van der Waals surface area contributed by atoms with Gasteiger partial charge in [0.05, 0.1) is 0 Å². The van der Waals surface area contributed by atoms with E-state index in [1.54, 1.807) is 6.07 Å². The molecule has 0 heterocycles. The van der Waals surface area contributed by atoms with Crippen molar-refractivity contribution < 1.29 is 15.0 Å². The molecule has 0 unspecified atom stereocenters. The molecule has 0 spiro atoms. The quantitative estimate of drug-likeness (QED) is 0.153. The number of aromatic hydroxyl groups is 2. The number of phenolic OH excluding ortho intramolecular Hbond substituents is 2. The zero-order valence-corrected chi connectivity index (χ0v) is 18.7. The molecule has 3 N–H and O–H groups in total. The summed E-state index contributed by atoms with van der Waals surface area (Å²) < 4.78 is 0. The summed E-state index contributed by atoms with van der Waals surface area (Å²) >= 11 is 0. The van der Waals surface area contributed by atoms with Crippen molar-refractivity contribution in [2.45, 2.75) is 90.4 Å². The lowest BCUT2D eigenvalue weighted by molar-refractivity contribution is -0.121. The zero-order valence-electron chi connectivity index (χ0n) is 18.7. The highest BCUT2D eigenvalue weighted by Gasteiger charge is 2.03. The Bertz CT molecular complexity index is 637. The molecule has 1 aromatic carbocycles. The molecule has 168 valence electrons. The highest BCUT2D eigenvalue weighted by atomic mass is 16.3. The first-order chi connectivity index (χ1) is 14.6. The predicted octanol–water partition coefficient (Wildman–Crippen LogP) is 6.57. The number of nitrogens with one attached hydrogen (secondary N) is 1. The Hall–Kier alpha value is -2.23. The number of hydrogen-bond donors (Lipinski definition) is 3. The number of carbonyl (C=O) groups is 1. The fourth-order valence-electron chi connectivity index (χ4n) is 3.26. The van der Waals surface area contributed by atoms with Gasteiger partial charge in [0, 0.05) is 13.0 Å². The van der Waals surface area contributed by atoms with Crippen molar-refractivity contribution in [2.24, 2.45) is 0 Å². The first kappa shape index (κ1) is 25.8. The van der Waals surface area contributed by atoms with Gasteiger partial charge in [0.15, 0.2) is 11.5 Å². The van der Waals surface area contributed by atoms with Crippen LogP contribution in [0, 0.1) is 0 Å². The summed E-state index contributed by atoms with van der Waals surface area (Å²) in [5.74, 6) is -0.156. The average molecular weight is 416 g/mol. The summed E-state index contributed by atoms with van der Waals surface area (Å²) in [7, 11) is 0. The van der Waals surface area contributed by atoms with Gasteiger partial charge in [0.2, 0.25) is 5.91 Å². The summed E-state index contributed by atoms with van der Waals surface area (Å²) in [6.45, 7) is 2.78. The summed E-state index contributed by atoms with van der Waals surface area (Å²) in [5.41, 5.74) is 0.891. The Morgan fingerprint density at radius 1 is 0.867 bits per heavy atom. The third-order valence-electron chi connectivity index (χ3n) is 5.13. The lowest BCUT2D eigenvalue weighted by atomic mass is 10.1. The Morgan fingerprint density at radius 3 is 2.23 bits per heavy atom. The van der Waals surface area contributed by atoms with Crippen molar-refractivity contribution in [1.82, 2.24) is 5.32 Å². The number of carbonyl (C=O) groups excluding carboxylic acids is 1. The van der Waals surface area contributed by atoms with E-state index in [-0.39, 0.29) is 17.4 Å². The molecular formula is C26H41NO3. The molecule has 30 heavy (non-hydrogen) atoms. The van der Waals surface area contributed by atoms with Crippen LogP contribution in [-0.4, -0.2) is 22.7 Å². The van der Waals surface area contributed by atoms with Crippen LogP contribution in [0.15, 0.2) is 42.5 Å². The van der Waals surface area contributed by atoms with Gasteiger partial charge in [-0.05, 0) is 62.6 Å². The van der Waals surface area contributed by atoms with Crippen LogP contribution >= 0.6 is 0 Å². The maximum atomic E-state index is 11.9. The first-order valence-electron chi connectivity index (χ1n) is 11.7. The van der Waals surface area contributed by atoms with Gasteiger partial charge >= 0.3 is 0 Å². The van der Waals surface area contributed by atoms with E-state index >= 15 is 0 Å². The van der Waals surface area contributed by atoms with Crippen LogP contribution < -0.4 is 5.32 Å². The van der Waals surface area contributed by atoms with Gasteiger partial charge in [-0.3, -0.25) is 4.79 Å². The predicted molar refractivity (Wildman–Crippen MR) is 126 cm³/mol. The molecule has 0 aliphatic carbocycles. The van der Waals surface area contributed by atoms with E-state index in [4.69, 9.17) is 0 Å². The number of unbranched alkanes of at least 4 members (excludes halogenated alkanes) is 8. The fraction of sp³-hybridized carbons (Fsp3) is 0.577. The molecule has 0 aliphatic rings. The van der Waals surface area contributed by atoms with E-state index in [9.17, 15) is 15.0 Å². The van der Waals surface area contributed by atoms with Crippen molar-refractivity contribution in [2.75, 3.05) is 6.54 Å². The van der Waals surface area contributed by atoms with Crippen molar-refractivity contribution in [3.63, 3.8) is 0 Å². The number of allylic oxidation sites excluding steroid dienone is 4. The monoisotopic (exact) mass is 415 g/mol. The van der Waals surface area contributed by atoms with Gasteiger partial charge in [0.1, 0.15) is 0 Å². The molecular weight excluding hydrogens is 374 g/mol. The number of benzene rings is 1. The maximum absolute atomic E-state index is 11.9. The third kappa shape index (κ3) is 13.9. The smallest absolute Gasteiger partial charge is 0.220 e. The number of amides is 1. The van der Waals surface area contributed by atoms with Crippen LogP contribution in [0.3, 0.4) is 0 Å². The number of hydrogen-bond acceptors (Lipinski definition) is 3. The SMILES string of the molecule is CCCCCC=CCC=CCCCCCCCC(=O)NCCc1ccc(O)c(O)c1. The van der Waals surface area contributed by atoms with Crippen LogP contribution in [0.5, 0.6) is 11.5 Å². The molecule has 0 saturated heterocycles. The molecule has 0 radical (unpaired) electrons. The molecule has 0 aromatic heterocycles. The molecule has 1 rings (SSSR count). The molecule has 4 nitrogen and oxygen atoms in total. The topological polar surface area (TPSA) is 69.6 Å². The van der Waals surface area contributed by atoms with Gasteiger partial charge in [-0.25, -0.2) is 0 Å². The van der Waals surface area contributed by atoms with E-state index in [1.807, 2.05) is 0 Å². The maximum Gasteiger partial charge on any atom is 0.220 e. The van der Waals surface area contributed by atoms with E-state index in [1.165, 1.54) is 57.1 Å². The molecule has 0 atom stereocenters. The molecule has 0 bridgehead atoms. The molecule has 1 amide bonds. The van der Waals surface area contributed by atoms with Crippen molar-refractivity contribution >= 4 is 5.91 Å². The Kier molecular flexibility index (Phi) is 15.2. The number of phenols is 2. The highest BCUT2D eigenvalue weighted by Crippen LogP contribution is 2.24. The summed E-state index contributed by atoms with van der Waals surface area (Å²) in [4.78, 5) is 11.9. The Labute approximate surface area is 183 Å². The molecule has 4 heteroatoms. The minimum atomic E-state index is -0.121. The van der Waals surface area contributed by atoms with Gasteiger partial charge < -0.3 is 15.5 Å². The van der Waals surface area contributed by atoms with E-state index < -0.39 is 0 Å². The number of rotatable bonds is 17. The second-order valence-corrected chi connectivity index (χ2v) is 7.90. The zero-order chi connectivity index (χ0) is 21.9. The molecule has 0 fully saturated rings. The van der Waals surface area contributed by atoms with Crippen LogP contribution in [0.1, 0.15) is 89.5 Å². The van der Waals surface area contributed by atoms with Crippen LogP contribution in [0.2, 0.25) is 0 Å². The molecule has 1 aromatic rings. The largest absolute Gasteiger partial charge is 0.504 e. The third-order valence-corrected chi connectivity index (χ3v) is 5.13. The van der Waals surface area contributed by atoms with Gasteiger partial charge in [-0.2, -0.15) is 0 Å². The molecule has 0 saturated carbocycles. The van der Waals surface area contributed by atoms with E-state index in [2.05, 4.69) is 36.5 Å². The fourth-order valence-corrected chi connectivity index (χ4v) is 3.26. The van der Waals surface area contributed by atoms with Crippen molar-refractivity contribution in [1.29, 1.82) is 0 Å². The van der Waals surface area contributed by atoms with E-state index in [0.717, 1.165) is 31.2 Å². The van der Waals surface area contributed by atoms with Crippen LogP contribution in [0.25, 0.3) is 0 Å². The Balaban J connectivity index is 1.90. The minimum Gasteiger partial charge on any atom is -0.504 e. The van der Waals surface area contributed by atoms with Crippen LogP contribution in [0.4, 0.5) is 0 Å². The normalized spacial score (nSPS) is 11.5. The first-order valence-corrected chi connectivity index (χ1v) is 11.7. The lowest BCUT2D eigenvalue weighted by Crippen LogP contribution is -2.25. The summed E-state index contributed by atoms with van der Waals surface area (Å²) in [5, 5.41) is 21.7. The summed E-state index contributed by atoms with van der Waals surface area (Å²) in [6.07, 6.45) is 23.3. The van der Waals surface area contributed by atoms with Crippen molar-refractivity contribution in [3.8, 4) is 11.5 Å². The van der Waals surface area contributed by atoms with Crippen LogP contribution in [-0.2, 0) is 11.2 Å². The van der Waals surface area contributed by atoms with Gasteiger partial charge in [-0.15, -0.1) is 0 Å². The second kappa shape index (κ2) is 17.6. The second-order valence-electron chi connectivity index (χ2n) is 7.90. The highest BCUT2D eigenvalue weighted by molar-refractivity contribution is 5.75. The van der Waals surface area contributed by atoms with Gasteiger partial charge in [0.25, 0.3) is 0 Å². The standard InChI is InChI=1S/C26H41NO3/c1-2-3-4-5-6-7-8-9-10-11-12-13-14-15-16-17-26(30)27-21-20-23-18-19-24(28)25(29)22-23/h6-7,9-10,18-19,22,28-29H,2-5,8,11-17,20-21H2,1H3,(H,27,30).